The molecule has 0 saturated carbocycles. The fourth-order valence-electron chi connectivity index (χ4n) is 1.86. The lowest BCUT2D eigenvalue weighted by Crippen LogP contribution is -2.14. The van der Waals surface area contributed by atoms with E-state index in [0.717, 1.165) is 4.90 Å². The van der Waals surface area contributed by atoms with Crippen molar-refractivity contribution in [2.75, 3.05) is 11.0 Å². The highest BCUT2D eigenvalue weighted by atomic mass is 32.2. The fourth-order valence-corrected chi connectivity index (χ4v) is 3.64. The van der Waals surface area contributed by atoms with Crippen molar-refractivity contribution in [3.63, 3.8) is 0 Å². The number of aryl methyl sites for hydroxylation is 1. The van der Waals surface area contributed by atoms with E-state index in [-0.39, 0.29) is 4.90 Å². The van der Waals surface area contributed by atoms with E-state index >= 15 is 0 Å². The number of rotatable bonds is 4. The SMILES string of the molecule is CSc1cccc(NS(=O)(=O)c2cc(C#N)ccc2C)c1. The maximum Gasteiger partial charge on any atom is 0.262 e. The van der Waals surface area contributed by atoms with Crippen molar-refractivity contribution >= 4 is 27.5 Å². The van der Waals surface area contributed by atoms with E-state index in [4.69, 9.17) is 5.26 Å². The first-order valence-electron chi connectivity index (χ1n) is 6.14. The van der Waals surface area contributed by atoms with E-state index in [2.05, 4.69) is 4.72 Å². The standard InChI is InChI=1S/C15H14N2O2S2/c1-11-6-7-12(10-16)8-15(11)21(18,19)17-13-4-3-5-14(9-13)20-2/h3-9,17H,1-2H3. The number of hydrogen-bond donors (Lipinski definition) is 1. The number of sulfonamides is 1. The highest BCUT2D eigenvalue weighted by Crippen LogP contribution is 2.23. The Morgan fingerprint density at radius 3 is 2.62 bits per heavy atom. The van der Waals surface area contributed by atoms with Crippen LogP contribution in [-0.2, 0) is 10.0 Å². The van der Waals surface area contributed by atoms with Crippen molar-refractivity contribution in [2.24, 2.45) is 0 Å². The molecule has 0 aliphatic rings. The van der Waals surface area contributed by atoms with Crippen LogP contribution in [0.3, 0.4) is 0 Å². The number of anilines is 1. The van der Waals surface area contributed by atoms with Crippen molar-refractivity contribution in [3.05, 3.63) is 53.6 Å². The van der Waals surface area contributed by atoms with Gasteiger partial charge in [-0.05, 0) is 49.1 Å². The predicted molar refractivity (Wildman–Crippen MR) is 84.9 cm³/mol. The van der Waals surface area contributed by atoms with E-state index in [1.807, 2.05) is 18.4 Å². The normalized spacial score (nSPS) is 10.9. The summed E-state index contributed by atoms with van der Waals surface area (Å²) in [7, 11) is -3.71. The number of nitrogens with zero attached hydrogens (tertiary/aromatic N) is 1. The number of benzene rings is 2. The predicted octanol–water partition coefficient (Wildman–Crippen LogP) is 3.39. The lowest BCUT2D eigenvalue weighted by molar-refractivity contribution is 0.600. The third-order valence-corrected chi connectivity index (χ3v) is 5.18. The molecule has 0 bridgehead atoms. The minimum Gasteiger partial charge on any atom is -0.280 e. The zero-order chi connectivity index (χ0) is 15.5. The average molecular weight is 318 g/mol. The van der Waals surface area contributed by atoms with Gasteiger partial charge in [-0.25, -0.2) is 8.42 Å². The number of thioether (sulfide) groups is 1. The van der Waals surface area contributed by atoms with E-state index in [1.54, 1.807) is 37.3 Å². The van der Waals surface area contributed by atoms with Gasteiger partial charge in [0.05, 0.1) is 16.5 Å². The van der Waals surface area contributed by atoms with Crippen LogP contribution in [0.5, 0.6) is 0 Å². The molecular weight excluding hydrogens is 304 g/mol. The van der Waals surface area contributed by atoms with Crippen molar-refractivity contribution < 1.29 is 8.42 Å². The van der Waals surface area contributed by atoms with Crippen LogP contribution in [0, 0.1) is 18.3 Å². The number of nitriles is 1. The second-order valence-corrected chi connectivity index (χ2v) is 6.96. The van der Waals surface area contributed by atoms with Gasteiger partial charge in [-0.15, -0.1) is 11.8 Å². The first-order valence-corrected chi connectivity index (χ1v) is 8.84. The van der Waals surface area contributed by atoms with Gasteiger partial charge >= 0.3 is 0 Å². The van der Waals surface area contributed by atoms with E-state index in [9.17, 15) is 8.42 Å². The molecule has 21 heavy (non-hydrogen) atoms. The first-order chi connectivity index (χ1) is 9.96. The van der Waals surface area contributed by atoms with Crippen molar-refractivity contribution in [1.29, 1.82) is 5.26 Å². The minimum absolute atomic E-state index is 0.121. The smallest absolute Gasteiger partial charge is 0.262 e. The number of nitrogens with one attached hydrogen (secondary N) is 1. The Kier molecular flexibility index (Phi) is 4.56. The molecule has 0 aliphatic heterocycles. The molecule has 2 aromatic rings. The van der Waals surface area contributed by atoms with E-state index in [1.165, 1.54) is 17.8 Å². The van der Waals surface area contributed by atoms with Crippen molar-refractivity contribution in [2.45, 2.75) is 16.7 Å². The van der Waals surface area contributed by atoms with Gasteiger partial charge in [-0.3, -0.25) is 4.72 Å². The van der Waals surface area contributed by atoms with Crippen LogP contribution in [0.25, 0.3) is 0 Å². The second kappa shape index (κ2) is 6.20. The Morgan fingerprint density at radius 2 is 1.95 bits per heavy atom. The molecule has 2 aromatic carbocycles. The van der Waals surface area contributed by atoms with Crippen molar-refractivity contribution in [1.82, 2.24) is 0 Å². The molecule has 0 radical (unpaired) electrons. The fraction of sp³-hybridized carbons (Fsp3) is 0.133. The monoisotopic (exact) mass is 318 g/mol. The molecule has 0 fully saturated rings. The highest BCUT2D eigenvalue weighted by molar-refractivity contribution is 7.98. The molecule has 0 unspecified atom stereocenters. The van der Waals surface area contributed by atoms with E-state index in [0.29, 0.717) is 16.8 Å². The van der Waals surface area contributed by atoms with Gasteiger partial charge < -0.3 is 0 Å². The summed E-state index contributed by atoms with van der Waals surface area (Å²) in [6, 6.07) is 13.7. The third-order valence-electron chi connectivity index (χ3n) is 2.93. The van der Waals surface area contributed by atoms with Crippen LogP contribution in [0.15, 0.2) is 52.3 Å². The molecule has 0 heterocycles. The molecule has 0 spiro atoms. The van der Waals surface area contributed by atoms with Crippen LogP contribution in [0.2, 0.25) is 0 Å². The Bertz CT molecular complexity index is 809. The van der Waals surface area contributed by atoms with Crippen LogP contribution >= 0.6 is 11.8 Å². The van der Waals surface area contributed by atoms with E-state index < -0.39 is 10.0 Å². The molecule has 0 aromatic heterocycles. The molecule has 0 aliphatic carbocycles. The van der Waals surface area contributed by atoms with Crippen LogP contribution in [0.4, 0.5) is 5.69 Å². The Hall–Kier alpha value is -1.97. The van der Waals surface area contributed by atoms with Gasteiger partial charge in [0, 0.05) is 10.6 Å². The van der Waals surface area contributed by atoms with Crippen LogP contribution in [-0.4, -0.2) is 14.7 Å². The zero-order valence-electron chi connectivity index (χ0n) is 11.6. The zero-order valence-corrected chi connectivity index (χ0v) is 13.3. The lowest BCUT2D eigenvalue weighted by atomic mass is 10.2. The average Bonchev–Trinajstić information content (AvgIpc) is 2.47. The maximum atomic E-state index is 12.5. The van der Waals surface area contributed by atoms with Crippen LogP contribution in [0.1, 0.15) is 11.1 Å². The first kappa shape index (κ1) is 15.4. The summed E-state index contributed by atoms with van der Waals surface area (Å²) in [6.07, 6.45) is 1.92. The quantitative estimate of drug-likeness (QED) is 0.877. The topological polar surface area (TPSA) is 70.0 Å². The number of hydrogen-bond acceptors (Lipinski definition) is 4. The minimum atomic E-state index is -3.71. The van der Waals surface area contributed by atoms with Gasteiger partial charge in [0.25, 0.3) is 10.0 Å². The van der Waals surface area contributed by atoms with Gasteiger partial charge in [-0.1, -0.05) is 12.1 Å². The summed E-state index contributed by atoms with van der Waals surface area (Å²) in [5.74, 6) is 0. The summed E-state index contributed by atoms with van der Waals surface area (Å²) in [6.45, 7) is 1.70. The molecular formula is C15H14N2O2S2. The summed E-state index contributed by atoms with van der Waals surface area (Å²) in [5, 5.41) is 8.91. The molecule has 0 saturated heterocycles. The molecule has 0 atom stereocenters. The summed E-state index contributed by atoms with van der Waals surface area (Å²) < 4.78 is 27.5. The molecule has 6 heteroatoms. The molecule has 0 amide bonds. The van der Waals surface area contributed by atoms with Gasteiger partial charge in [0.15, 0.2) is 0 Å². The highest BCUT2D eigenvalue weighted by Gasteiger charge is 2.17. The van der Waals surface area contributed by atoms with Crippen molar-refractivity contribution in [3.8, 4) is 6.07 Å². The molecule has 1 N–H and O–H groups in total. The summed E-state index contributed by atoms with van der Waals surface area (Å²) in [5.41, 5.74) is 1.42. The largest absolute Gasteiger partial charge is 0.280 e. The summed E-state index contributed by atoms with van der Waals surface area (Å²) in [4.78, 5) is 1.09. The Balaban J connectivity index is 2.41. The maximum absolute atomic E-state index is 12.5. The van der Waals surface area contributed by atoms with Crippen LogP contribution < -0.4 is 4.72 Å². The molecule has 4 nitrogen and oxygen atoms in total. The second-order valence-electron chi connectivity index (χ2n) is 4.43. The lowest BCUT2D eigenvalue weighted by Gasteiger charge is -2.11. The third kappa shape index (κ3) is 3.57. The van der Waals surface area contributed by atoms with Gasteiger partial charge in [-0.2, -0.15) is 5.26 Å². The van der Waals surface area contributed by atoms with Gasteiger partial charge in [0.1, 0.15) is 0 Å². The Morgan fingerprint density at radius 1 is 1.19 bits per heavy atom. The molecule has 2 rings (SSSR count). The Labute approximate surface area is 128 Å². The molecule has 108 valence electrons. The van der Waals surface area contributed by atoms with Gasteiger partial charge in [0.2, 0.25) is 0 Å². The summed E-state index contributed by atoms with van der Waals surface area (Å²) >= 11 is 1.54.